The van der Waals surface area contributed by atoms with Gasteiger partial charge in [-0.15, -0.1) is 10.2 Å². The number of hydrogen-bond donors (Lipinski definition) is 1. The van der Waals surface area contributed by atoms with Crippen LogP contribution in [0.4, 0.5) is 10.8 Å². The molecule has 2 rings (SSSR count). The molecule has 0 spiro atoms. The number of nitrogens with one attached hydrogen (secondary N) is 1. The maximum absolute atomic E-state index is 11.9. The molecule has 100 valence electrons. The summed E-state index contributed by atoms with van der Waals surface area (Å²) in [5.74, 6) is 0. The van der Waals surface area contributed by atoms with Crippen LogP contribution in [0.3, 0.4) is 0 Å². The summed E-state index contributed by atoms with van der Waals surface area (Å²) in [6, 6.07) is 1.18. The van der Waals surface area contributed by atoms with Gasteiger partial charge in [0.25, 0.3) is 11.2 Å². The highest BCUT2D eigenvalue weighted by Crippen LogP contribution is 2.18. The van der Waals surface area contributed by atoms with E-state index in [2.05, 4.69) is 31.4 Å². The van der Waals surface area contributed by atoms with Crippen molar-refractivity contribution < 1.29 is 4.92 Å². The van der Waals surface area contributed by atoms with Gasteiger partial charge in [0.1, 0.15) is 5.01 Å². The van der Waals surface area contributed by atoms with Crippen LogP contribution in [0, 0.1) is 10.1 Å². The minimum absolute atomic E-state index is 0.137. The number of halogens is 1. The molecule has 1 N–H and O–H groups in total. The molecule has 0 atom stereocenters. The van der Waals surface area contributed by atoms with E-state index in [4.69, 9.17) is 0 Å². The SMILES string of the molecule is CNc1nnc(Cn2cc([N+](=O)[O-])cc(Br)c2=O)s1. The fourth-order valence-electron chi connectivity index (χ4n) is 1.37. The van der Waals surface area contributed by atoms with E-state index < -0.39 is 4.92 Å². The van der Waals surface area contributed by atoms with Crippen LogP contribution < -0.4 is 10.9 Å². The lowest BCUT2D eigenvalue weighted by atomic mass is 10.4. The number of anilines is 1. The fraction of sp³-hybridized carbons (Fsp3) is 0.222. The van der Waals surface area contributed by atoms with E-state index in [-0.39, 0.29) is 22.3 Å². The Morgan fingerprint density at radius 1 is 1.58 bits per heavy atom. The van der Waals surface area contributed by atoms with Gasteiger partial charge >= 0.3 is 0 Å². The molecule has 0 aliphatic carbocycles. The third-order valence-corrected chi connectivity index (χ3v) is 3.72. The summed E-state index contributed by atoms with van der Waals surface area (Å²) < 4.78 is 1.36. The van der Waals surface area contributed by atoms with Crippen molar-refractivity contribution in [2.45, 2.75) is 6.54 Å². The predicted octanol–water partition coefficient (Wildman–Crippen LogP) is 1.46. The lowest BCUT2D eigenvalue weighted by molar-refractivity contribution is -0.385. The van der Waals surface area contributed by atoms with Crippen molar-refractivity contribution in [3.8, 4) is 0 Å². The number of aromatic nitrogens is 3. The van der Waals surface area contributed by atoms with E-state index in [1.54, 1.807) is 7.05 Å². The summed E-state index contributed by atoms with van der Waals surface area (Å²) in [4.78, 5) is 22.1. The van der Waals surface area contributed by atoms with E-state index in [0.717, 1.165) is 0 Å². The molecule has 8 nitrogen and oxygen atoms in total. The summed E-state index contributed by atoms with van der Waals surface area (Å²) in [5, 5.41) is 22.5. The molecular formula is C9H8BrN5O3S. The van der Waals surface area contributed by atoms with Gasteiger partial charge in [-0.25, -0.2) is 0 Å². The maximum atomic E-state index is 11.9. The zero-order chi connectivity index (χ0) is 14.0. The summed E-state index contributed by atoms with van der Waals surface area (Å²) in [5.41, 5.74) is -0.517. The first-order valence-corrected chi connectivity index (χ1v) is 6.66. The Hall–Kier alpha value is -1.81. The van der Waals surface area contributed by atoms with Gasteiger partial charge in [0, 0.05) is 13.1 Å². The minimum Gasteiger partial charge on any atom is -0.363 e. The highest BCUT2D eigenvalue weighted by molar-refractivity contribution is 9.10. The van der Waals surface area contributed by atoms with E-state index in [9.17, 15) is 14.9 Å². The Morgan fingerprint density at radius 2 is 2.32 bits per heavy atom. The smallest absolute Gasteiger partial charge is 0.286 e. The highest BCUT2D eigenvalue weighted by Gasteiger charge is 2.13. The number of nitro groups is 1. The van der Waals surface area contributed by atoms with E-state index in [0.29, 0.717) is 10.1 Å². The van der Waals surface area contributed by atoms with Crippen LogP contribution in [0.1, 0.15) is 5.01 Å². The van der Waals surface area contributed by atoms with Crippen LogP contribution in [-0.2, 0) is 6.54 Å². The Morgan fingerprint density at radius 3 is 2.89 bits per heavy atom. The molecule has 0 unspecified atom stereocenters. The van der Waals surface area contributed by atoms with E-state index in [1.165, 1.54) is 28.2 Å². The molecule has 19 heavy (non-hydrogen) atoms. The standard InChI is InChI=1S/C9H8BrN5O3S/c1-11-9-13-12-7(19-9)4-14-3-5(15(17)18)2-6(10)8(14)16/h2-3H,4H2,1H3,(H,11,13). The Bertz CT molecular complexity index is 683. The second kappa shape index (κ2) is 5.45. The Kier molecular flexibility index (Phi) is 3.90. The molecule has 10 heteroatoms. The molecule has 2 aromatic heterocycles. The van der Waals surface area contributed by atoms with E-state index in [1.807, 2.05) is 0 Å². The van der Waals surface area contributed by atoms with Crippen molar-refractivity contribution in [1.82, 2.24) is 14.8 Å². The van der Waals surface area contributed by atoms with Crippen molar-refractivity contribution in [2.75, 3.05) is 12.4 Å². The fourth-order valence-corrected chi connectivity index (χ4v) is 2.52. The van der Waals surface area contributed by atoms with E-state index >= 15 is 0 Å². The van der Waals surface area contributed by atoms with Crippen molar-refractivity contribution in [2.24, 2.45) is 0 Å². The van der Waals surface area contributed by atoms with Crippen molar-refractivity contribution in [3.05, 3.63) is 42.2 Å². The van der Waals surface area contributed by atoms with Crippen LogP contribution >= 0.6 is 27.3 Å². The van der Waals surface area contributed by atoms with Gasteiger partial charge < -0.3 is 9.88 Å². The maximum Gasteiger partial charge on any atom is 0.286 e. The minimum atomic E-state index is -0.556. The predicted molar refractivity (Wildman–Crippen MR) is 73.6 cm³/mol. The summed E-state index contributed by atoms with van der Waals surface area (Å²) >= 11 is 4.29. The molecule has 0 radical (unpaired) electrons. The number of nitrogens with zero attached hydrogens (tertiary/aromatic N) is 4. The van der Waals surface area contributed by atoms with Gasteiger partial charge in [0.2, 0.25) is 5.13 Å². The van der Waals surface area contributed by atoms with Crippen LogP contribution in [-0.4, -0.2) is 26.7 Å². The molecule has 0 saturated heterocycles. The first-order chi connectivity index (χ1) is 9.01. The van der Waals surface area contributed by atoms with Crippen molar-refractivity contribution in [3.63, 3.8) is 0 Å². The number of hydrogen-bond acceptors (Lipinski definition) is 7. The molecule has 0 aromatic carbocycles. The third-order valence-electron chi connectivity index (χ3n) is 2.23. The van der Waals surface area contributed by atoms with Crippen LogP contribution in [0.15, 0.2) is 21.5 Å². The molecule has 0 fully saturated rings. The second-order valence-electron chi connectivity index (χ2n) is 3.49. The average molecular weight is 346 g/mol. The quantitative estimate of drug-likeness (QED) is 0.664. The zero-order valence-electron chi connectivity index (χ0n) is 9.66. The van der Waals surface area contributed by atoms with Crippen LogP contribution in [0.25, 0.3) is 0 Å². The average Bonchev–Trinajstić information content (AvgIpc) is 2.82. The molecule has 0 amide bonds. The van der Waals surface area contributed by atoms with Gasteiger partial charge in [0.15, 0.2) is 0 Å². The lowest BCUT2D eigenvalue weighted by Crippen LogP contribution is -2.21. The summed E-state index contributed by atoms with van der Waals surface area (Å²) in [7, 11) is 1.71. The van der Waals surface area contributed by atoms with Gasteiger partial charge in [-0.2, -0.15) is 0 Å². The first kappa shape index (κ1) is 13.6. The van der Waals surface area contributed by atoms with Crippen LogP contribution in [0.2, 0.25) is 0 Å². The Balaban J connectivity index is 2.38. The third kappa shape index (κ3) is 2.96. The largest absolute Gasteiger partial charge is 0.363 e. The molecule has 0 bridgehead atoms. The second-order valence-corrected chi connectivity index (χ2v) is 5.40. The first-order valence-electron chi connectivity index (χ1n) is 5.05. The van der Waals surface area contributed by atoms with Gasteiger partial charge in [-0.1, -0.05) is 11.3 Å². The van der Waals surface area contributed by atoms with Gasteiger partial charge in [-0.3, -0.25) is 14.9 Å². The van der Waals surface area contributed by atoms with Crippen LogP contribution in [0.5, 0.6) is 0 Å². The highest BCUT2D eigenvalue weighted by atomic mass is 79.9. The molecule has 2 heterocycles. The monoisotopic (exact) mass is 345 g/mol. The normalized spacial score (nSPS) is 10.4. The molecule has 0 saturated carbocycles. The molecule has 0 aliphatic rings. The number of pyridine rings is 1. The lowest BCUT2D eigenvalue weighted by Gasteiger charge is -2.03. The van der Waals surface area contributed by atoms with Crippen molar-refractivity contribution in [1.29, 1.82) is 0 Å². The Labute approximate surface area is 119 Å². The number of rotatable bonds is 4. The molecule has 0 aliphatic heterocycles. The zero-order valence-corrected chi connectivity index (χ0v) is 12.1. The summed E-state index contributed by atoms with van der Waals surface area (Å²) in [6.45, 7) is 0.137. The topological polar surface area (TPSA) is 103 Å². The molecule has 2 aromatic rings. The van der Waals surface area contributed by atoms with Gasteiger partial charge in [-0.05, 0) is 15.9 Å². The summed E-state index contributed by atoms with van der Waals surface area (Å²) in [6.07, 6.45) is 1.19. The molecular weight excluding hydrogens is 338 g/mol. The van der Waals surface area contributed by atoms with Crippen molar-refractivity contribution >= 4 is 38.1 Å². The van der Waals surface area contributed by atoms with Gasteiger partial charge in [0.05, 0.1) is 22.1 Å².